The van der Waals surface area contributed by atoms with E-state index in [1.54, 1.807) is 7.11 Å². The fourth-order valence-corrected chi connectivity index (χ4v) is 7.53. The molecule has 3 aromatic carbocycles. The average Bonchev–Trinajstić information content (AvgIpc) is 2.80. The summed E-state index contributed by atoms with van der Waals surface area (Å²) in [5.74, 6) is 1.25. The summed E-state index contributed by atoms with van der Waals surface area (Å²) in [4.78, 5) is 0. The number of rotatable bonds is 7. The summed E-state index contributed by atoms with van der Waals surface area (Å²) in [6, 6.07) is 14.5. The number of fused-ring (bicyclic) bond motifs is 2. The highest BCUT2D eigenvalue weighted by molar-refractivity contribution is 7.91. The van der Waals surface area contributed by atoms with Crippen LogP contribution in [0.3, 0.4) is 0 Å². The molecule has 0 bridgehead atoms. The van der Waals surface area contributed by atoms with Gasteiger partial charge in [0.05, 0.1) is 18.6 Å². The molecule has 34 heavy (non-hydrogen) atoms. The van der Waals surface area contributed by atoms with Gasteiger partial charge in [0.25, 0.3) is 0 Å². The van der Waals surface area contributed by atoms with Crippen LogP contribution in [0.25, 0.3) is 10.8 Å². The van der Waals surface area contributed by atoms with Crippen molar-refractivity contribution in [1.82, 2.24) is 0 Å². The van der Waals surface area contributed by atoms with Gasteiger partial charge in [0.1, 0.15) is 5.75 Å². The van der Waals surface area contributed by atoms with Crippen LogP contribution in [-0.4, -0.2) is 27.0 Å². The molecule has 0 N–H and O–H groups in total. The second-order valence-corrected chi connectivity index (χ2v) is 13.0. The van der Waals surface area contributed by atoms with Crippen molar-refractivity contribution in [1.29, 1.82) is 0 Å². The predicted octanol–water partition coefficient (Wildman–Crippen LogP) is 6.88. The second-order valence-electron chi connectivity index (χ2n) is 10.8. The minimum atomic E-state index is -3.15. The first-order valence-electron chi connectivity index (χ1n) is 12.4. The number of methoxy groups -OCH3 is 1. The molecule has 0 spiro atoms. The van der Waals surface area contributed by atoms with E-state index in [1.807, 2.05) is 25.1 Å². The average molecular weight is 479 g/mol. The van der Waals surface area contributed by atoms with Gasteiger partial charge in [-0.1, -0.05) is 44.2 Å². The molecule has 3 aromatic rings. The Morgan fingerprint density at radius 2 is 1.68 bits per heavy atom. The van der Waals surface area contributed by atoms with Crippen molar-refractivity contribution in [3.05, 3.63) is 75.8 Å². The SMILES string of the molecule is COc1ccc2cc(C(C)CS(=O)(=O)CCC3(C)CCc4c(C)cc(C)c(C)c4C3)ccc2c1. The standard InChI is InChI=1S/C30H38O3S/c1-20-15-21(2)28-11-12-30(5,18-29(28)23(20)4)13-14-34(31,32)19-22(3)24-7-8-26-17-27(33-6)10-9-25(26)16-24/h7-10,15-17,22H,11-14,18-19H2,1-6H3. The minimum Gasteiger partial charge on any atom is -0.497 e. The zero-order valence-electron chi connectivity index (χ0n) is 21.5. The number of sulfone groups is 1. The van der Waals surface area contributed by atoms with E-state index >= 15 is 0 Å². The van der Waals surface area contributed by atoms with E-state index in [4.69, 9.17) is 4.74 Å². The van der Waals surface area contributed by atoms with Crippen LogP contribution in [0.1, 0.15) is 66.0 Å². The fourth-order valence-electron chi connectivity index (χ4n) is 5.60. The van der Waals surface area contributed by atoms with Gasteiger partial charge in [-0.3, -0.25) is 0 Å². The van der Waals surface area contributed by atoms with Gasteiger partial charge in [-0.25, -0.2) is 8.42 Å². The number of hydrogen-bond acceptors (Lipinski definition) is 3. The van der Waals surface area contributed by atoms with E-state index in [0.717, 1.165) is 47.8 Å². The first-order chi connectivity index (χ1) is 16.0. The summed E-state index contributed by atoms with van der Waals surface area (Å²) < 4.78 is 31.6. The van der Waals surface area contributed by atoms with E-state index in [1.165, 1.54) is 27.8 Å². The Labute approximate surface area is 205 Å². The van der Waals surface area contributed by atoms with Crippen molar-refractivity contribution in [3.8, 4) is 5.75 Å². The maximum atomic E-state index is 13.2. The molecule has 0 saturated heterocycles. The predicted molar refractivity (Wildman–Crippen MR) is 143 cm³/mol. The first-order valence-corrected chi connectivity index (χ1v) is 14.2. The van der Waals surface area contributed by atoms with Gasteiger partial charge in [0, 0.05) is 0 Å². The summed E-state index contributed by atoms with van der Waals surface area (Å²) in [5, 5.41) is 2.21. The van der Waals surface area contributed by atoms with Crippen molar-refractivity contribution in [2.24, 2.45) is 5.41 Å². The van der Waals surface area contributed by atoms with Crippen LogP contribution >= 0.6 is 0 Å². The van der Waals surface area contributed by atoms with Gasteiger partial charge in [0.15, 0.2) is 9.84 Å². The molecule has 0 radical (unpaired) electrons. The first kappa shape index (κ1) is 24.8. The molecule has 0 aliphatic heterocycles. The Kier molecular flexibility index (Phi) is 6.83. The molecular weight excluding hydrogens is 440 g/mol. The van der Waals surface area contributed by atoms with Crippen LogP contribution in [0.2, 0.25) is 0 Å². The zero-order valence-corrected chi connectivity index (χ0v) is 22.3. The third kappa shape index (κ3) is 5.17. The highest BCUT2D eigenvalue weighted by atomic mass is 32.2. The van der Waals surface area contributed by atoms with Crippen molar-refractivity contribution in [3.63, 3.8) is 0 Å². The Morgan fingerprint density at radius 1 is 0.971 bits per heavy atom. The van der Waals surface area contributed by atoms with E-state index in [2.05, 4.69) is 52.0 Å². The number of hydrogen-bond donors (Lipinski definition) is 0. The molecule has 1 aliphatic carbocycles. The van der Waals surface area contributed by atoms with Gasteiger partial charge in [0.2, 0.25) is 0 Å². The van der Waals surface area contributed by atoms with Crippen LogP contribution in [0.5, 0.6) is 5.75 Å². The fraction of sp³-hybridized carbons (Fsp3) is 0.467. The van der Waals surface area contributed by atoms with Crippen LogP contribution in [0.15, 0.2) is 42.5 Å². The van der Waals surface area contributed by atoms with Gasteiger partial charge in [-0.05, 0) is 114 Å². The number of ether oxygens (including phenoxy) is 1. The maximum Gasteiger partial charge on any atom is 0.150 e. The highest BCUT2D eigenvalue weighted by Crippen LogP contribution is 2.41. The summed E-state index contributed by atoms with van der Waals surface area (Å²) >= 11 is 0. The lowest BCUT2D eigenvalue weighted by Crippen LogP contribution is -2.30. The Balaban J connectivity index is 1.44. The lowest BCUT2D eigenvalue weighted by atomic mass is 9.69. The van der Waals surface area contributed by atoms with E-state index in [0.29, 0.717) is 0 Å². The molecule has 1 aliphatic rings. The van der Waals surface area contributed by atoms with Crippen molar-refractivity contribution >= 4 is 20.6 Å². The van der Waals surface area contributed by atoms with Crippen LogP contribution in [0, 0.1) is 26.2 Å². The summed E-state index contributed by atoms with van der Waals surface area (Å²) in [5.41, 5.74) is 8.18. The third-order valence-electron chi connectivity index (χ3n) is 8.06. The maximum absolute atomic E-state index is 13.2. The minimum absolute atomic E-state index is 0.0380. The van der Waals surface area contributed by atoms with Crippen molar-refractivity contribution < 1.29 is 13.2 Å². The lowest BCUT2D eigenvalue weighted by molar-refractivity contribution is 0.267. The molecule has 4 rings (SSSR count). The molecular formula is C30H38O3S. The molecule has 2 unspecified atom stereocenters. The molecule has 3 nitrogen and oxygen atoms in total. The van der Waals surface area contributed by atoms with Crippen LogP contribution < -0.4 is 4.74 Å². The largest absolute Gasteiger partial charge is 0.497 e. The molecule has 0 heterocycles. The van der Waals surface area contributed by atoms with Crippen molar-refractivity contribution in [2.45, 2.75) is 66.2 Å². The Bertz CT molecular complexity index is 1320. The van der Waals surface area contributed by atoms with Crippen LogP contribution in [0.4, 0.5) is 0 Å². The lowest BCUT2D eigenvalue weighted by Gasteiger charge is -2.37. The van der Waals surface area contributed by atoms with E-state index < -0.39 is 9.84 Å². The topological polar surface area (TPSA) is 43.4 Å². The van der Waals surface area contributed by atoms with Gasteiger partial charge in [-0.15, -0.1) is 0 Å². The second kappa shape index (κ2) is 9.37. The smallest absolute Gasteiger partial charge is 0.150 e. The normalized spacial score (nSPS) is 19.1. The summed E-state index contributed by atoms with van der Waals surface area (Å²) in [6.45, 7) is 10.9. The van der Waals surface area contributed by atoms with Gasteiger partial charge >= 0.3 is 0 Å². The Morgan fingerprint density at radius 3 is 2.41 bits per heavy atom. The zero-order chi connectivity index (χ0) is 24.7. The van der Waals surface area contributed by atoms with Gasteiger partial charge in [-0.2, -0.15) is 0 Å². The van der Waals surface area contributed by atoms with E-state index in [-0.39, 0.29) is 22.8 Å². The van der Waals surface area contributed by atoms with Crippen molar-refractivity contribution in [2.75, 3.05) is 18.6 Å². The number of benzene rings is 3. The number of aryl methyl sites for hydroxylation is 2. The molecule has 0 aromatic heterocycles. The molecule has 2 atom stereocenters. The summed E-state index contributed by atoms with van der Waals surface area (Å²) in [7, 11) is -1.49. The van der Waals surface area contributed by atoms with Crippen LogP contribution in [-0.2, 0) is 22.7 Å². The highest BCUT2D eigenvalue weighted by Gasteiger charge is 2.33. The molecule has 0 amide bonds. The van der Waals surface area contributed by atoms with E-state index in [9.17, 15) is 8.42 Å². The molecule has 0 fully saturated rings. The summed E-state index contributed by atoms with van der Waals surface area (Å²) in [6.07, 6.45) is 3.82. The molecule has 4 heteroatoms. The molecule has 0 saturated carbocycles. The third-order valence-corrected chi connectivity index (χ3v) is 9.89. The van der Waals surface area contributed by atoms with Gasteiger partial charge < -0.3 is 4.74 Å². The monoisotopic (exact) mass is 478 g/mol. The quantitative estimate of drug-likeness (QED) is 0.372. The molecule has 182 valence electrons. The Hall–Kier alpha value is -2.33.